The number of hydrogen-bond donors (Lipinski definition) is 0. The lowest BCUT2D eigenvalue weighted by Gasteiger charge is -2.23. The summed E-state index contributed by atoms with van der Waals surface area (Å²) >= 11 is 0. The van der Waals surface area contributed by atoms with Crippen molar-refractivity contribution in [3.8, 4) is 0 Å². The van der Waals surface area contributed by atoms with E-state index in [1.54, 1.807) is 30.0 Å². The maximum atomic E-state index is 12.3. The van der Waals surface area contributed by atoms with E-state index in [-0.39, 0.29) is 12.0 Å². The molecule has 1 aliphatic heterocycles. The van der Waals surface area contributed by atoms with Gasteiger partial charge in [-0.1, -0.05) is 31.5 Å². The smallest absolute Gasteiger partial charge is 0.330 e. The summed E-state index contributed by atoms with van der Waals surface area (Å²) in [4.78, 5) is 27.4. The van der Waals surface area contributed by atoms with E-state index < -0.39 is 0 Å². The molecule has 0 spiro atoms. The van der Waals surface area contributed by atoms with E-state index in [1.807, 2.05) is 25.1 Å². The third-order valence-electron chi connectivity index (χ3n) is 3.78. The number of urea groups is 1. The Labute approximate surface area is 137 Å². The lowest BCUT2D eigenvalue weighted by Crippen LogP contribution is -2.38. The van der Waals surface area contributed by atoms with Gasteiger partial charge in [-0.15, -0.1) is 0 Å². The number of hydrogen-bond acceptors (Lipinski definition) is 3. The quantitative estimate of drug-likeness (QED) is 0.476. The van der Waals surface area contributed by atoms with E-state index in [0.717, 1.165) is 36.1 Å². The summed E-state index contributed by atoms with van der Waals surface area (Å²) in [6.07, 6.45) is 5.85. The van der Waals surface area contributed by atoms with Gasteiger partial charge in [0.15, 0.2) is 0 Å². The molecule has 0 atom stereocenters. The van der Waals surface area contributed by atoms with Gasteiger partial charge in [0.25, 0.3) is 0 Å². The first-order chi connectivity index (χ1) is 11.0. The molecule has 0 aliphatic carbocycles. The van der Waals surface area contributed by atoms with Crippen molar-refractivity contribution in [1.29, 1.82) is 0 Å². The maximum absolute atomic E-state index is 12.3. The van der Waals surface area contributed by atoms with Gasteiger partial charge >= 0.3 is 12.0 Å². The van der Waals surface area contributed by atoms with Gasteiger partial charge in [-0.25, -0.2) is 9.59 Å². The van der Waals surface area contributed by atoms with Gasteiger partial charge in [0.05, 0.1) is 12.3 Å². The van der Waals surface area contributed by atoms with E-state index >= 15 is 0 Å². The van der Waals surface area contributed by atoms with E-state index in [4.69, 9.17) is 4.74 Å². The molecule has 2 rings (SSSR count). The van der Waals surface area contributed by atoms with Crippen molar-refractivity contribution >= 4 is 23.8 Å². The van der Waals surface area contributed by atoms with Crippen molar-refractivity contribution in [2.75, 3.05) is 32.1 Å². The van der Waals surface area contributed by atoms with Crippen molar-refractivity contribution in [2.24, 2.45) is 0 Å². The molecule has 0 fully saturated rings. The van der Waals surface area contributed by atoms with Crippen molar-refractivity contribution in [3.63, 3.8) is 0 Å². The third kappa shape index (κ3) is 4.12. The van der Waals surface area contributed by atoms with Crippen LogP contribution >= 0.6 is 0 Å². The Morgan fingerprint density at radius 1 is 1.35 bits per heavy atom. The van der Waals surface area contributed by atoms with E-state index in [1.165, 1.54) is 6.08 Å². The number of amides is 2. The number of unbranched alkanes of at least 4 members (excludes halogenated alkanes) is 1. The van der Waals surface area contributed by atoms with E-state index in [2.05, 4.69) is 0 Å². The molecule has 0 aromatic heterocycles. The van der Waals surface area contributed by atoms with Crippen LogP contribution in [0.1, 0.15) is 30.9 Å². The van der Waals surface area contributed by atoms with Crippen LogP contribution in [-0.2, 0) is 16.0 Å². The molecule has 0 radical (unpaired) electrons. The van der Waals surface area contributed by atoms with Gasteiger partial charge < -0.3 is 9.64 Å². The molecule has 1 aliphatic rings. The summed E-state index contributed by atoms with van der Waals surface area (Å²) in [6.45, 7) is 3.16. The van der Waals surface area contributed by atoms with E-state index in [9.17, 15) is 9.59 Å². The molecule has 5 nitrogen and oxygen atoms in total. The van der Waals surface area contributed by atoms with Crippen LogP contribution in [-0.4, -0.2) is 44.1 Å². The van der Waals surface area contributed by atoms with Crippen LogP contribution in [0.15, 0.2) is 24.3 Å². The molecule has 0 saturated heterocycles. The number of nitrogens with zero attached hydrogens (tertiary/aromatic N) is 2. The number of carbonyl (C=O) groups is 2. The molecule has 2 amide bonds. The topological polar surface area (TPSA) is 49.9 Å². The summed E-state index contributed by atoms with van der Waals surface area (Å²) in [6, 6.07) is 5.84. The van der Waals surface area contributed by atoms with Crippen LogP contribution in [0.2, 0.25) is 0 Å². The highest BCUT2D eigenvalue weighted by Gasteiger charge is 2.27. The molecular formula is C18H24N2O3. The largest absolute Gasteiger partial charge is 0.463 e. The minimum Gasteiger partial charge on any atom is -0.463 e. The van der Waals surface area contributed by atoms with Gasteiger partial charge in [0.2, 0.25) is 0 Å². The number of para-hydroxylation sites is 1. The average molecular weight is 316 g/mol. The number of anilines is 1. The molecular weight excluding hydrogens is 292 g/mol. The van der Waals surface area contributed by atoms with Gasteiger partial charge in [-0.3, -0.25) is 4.90 Å². The van der Waals surface area contributed by atoms with Crippen molar-refractivity contribution in [1.82, 2.24) is 4.90 Å². The van der Waals surface area contributed by atoms with Gasteiger partial charge in [0.1, 0.15) is 0 Å². The molecule has 0 N–H and O–H groups in total. The summed E-state index contributed by atoms with van der Waals surface area (Å²) < 4.78 is 5.12. The van der Waals surface area contributed by atoms with E-state index in [0.29, 0.717) is 13.2 Å². The minimum atomic E-state index is -0.348. The summed E-state index contributed by atoms with van der Waals surface area (Å²) in [7, 11) is 3.48. The molecule has 0 bridgehead atoms. The Morgan fingerprint density at radius 2 is 2.13 bits per heavy atom. The summed E-state index contributed by atoms with van der Waals surface area (Å²) in [5.74, 6) is -0.348. The first-order valence-corrected chi connectivity index (χ1v) is 8.00. The number of esters is 1. The van der Waals surface area contributed by atoms with Crippen molar-refractivity contribution < 1.29 is 14.3 Å². The Kier molecular flexibility index (Phi) is 5.79. The molecule has 1 aromatic carbocycles. The monoisotopic (exact) mass is 316 g/mol. The lowest BCUT2D eigenvalue weighted by atomic mass is 10.1. The van der Waals surface area contributed by atoms with Crippen LogP contribution in [0.3, 0.4) is 0 Å². The minimum absolute atomic E-state index is 0.0462. The standard InChI is InChI=1S/C18H24N2O3/c1-4-5-13-23-16(21)10-9-14-7-6-8-15-11-12-20(17(14)15)18(22)19(2)3/h6-10H,4-5,11-13H2,1-3H3/b10-9+. The summed E-state index contributed by atoms with van der Waals surface area (Å²) in [5.41, 5.74) is 2.88. The second-order valence-corrected chi connectivity index (χ2v) is 5.79. The van der Waals surface area contributed by atoms with Crippen LogP contribution < -0.4 is 4.90 Å². The Balaban J connectivity index is 2.17. The van der Waals surface area contributed by atoms with Gasteiger partial charge in [-0.05, 0) is 30.0 Å². The molecule has 5 heteroatoms. The number of ether oxygens (including phenoxy) is 1. The van der Waals surface area contributed by atoms with Gasteiger partial charge in [0, 0.05) is 26.7 Å². The molecule has 23 heavy (non-hydrogen) atoms. The SMILES string of the molecule is CCCCOC(=O)/C=C/c1cccc2c1N(C(=O)N(C)C)CC2. The fourth-order valence-corrected chi connectivity index (χ4v) is 2.58. The molecule has 0 saturated carbocycles. The normalized spacial score (nSPS) is 13.3. The predicted octanol–water partition coefficient (Wildman–Crippen LogP) is 3.09. The Morgan fingerprint density at radius 3 is 2.83 bits per heavy atom. The van der Waals surface area contributed by atoms with Crippen LogP contribution in [0, 0.1) is 0 Å². The third-order valence-corrected chi connectivity index (χ3v) is 3.78. The first-order valence-electron chi connectivity index (χ1n) is 8.00. The Bertz CT molecular complexity index is 608. The highest BCUT2D eigenvalue weighted by Crippen LogP contribution is 2.33. The summed E-state index contributed by atoms with van der Waals surface area (Å²) in [5, 5.41) is 0. The number of fused-ring (bicyclic) bond motifs is 1. The van der Waals surface area contributed by atoms with Crippen LogP contribution in [0.4, 0.5) is 10.5 Å². The number of carbonyl (C=O) groups excluding carboxylic acids is 2. The lowest BCUT2D eigenvalue weighted by molar-refractivity contribution is -0.137. The van der Waals surface area contributed by atoms with Crippen molar-refractivity contribution in [3.05, 3.63) is 35.4 Å². The molecule has 1 heterocycles. The number of benzene rings is 1. The molecule has 0 unspecified atom stereocenters. The zero-order valence-corrected chi connectivity index (χ0v) is 14.0. The highest BCUT2D eigenvalue weighted by atomic mass is 16.5. The Hall–Kier alpha value is -2.30. The average Bonchev–Trinajstić information content (AvgIpc) is 2.96. The fraction of sp³-hybridized carbons (Fsp3) is 0.444. The molecule has 124 valence electrons. The van der Waals surface area contributed by atoms with Gasteiger partial charge in [-0.2, -0.15) is 0 Å². The second-order valence-electron chi connectivity index (χ2n) is 5.79. The highest BCUT2D eigenvalue weighted by molar-refractivity contribution is 5.97. The first kappa shape index (κ1) is 17.1. The van der Waals surface area contributed by atoms with Crippen LogP contribution in [0.25, 0.3) is 6.08 Å². The predicted molar refractivity (Wildman–Crippen MR) is 91.5 cm³/mol. The fourth-order valence-electron chi connectivity index (χ4n) is 2.58. The number of rotatable bonds is 5. The maximum Gasteiger partial charge on any atom is 0.330 e. The molecule has 1 aromatic rings. The zero-order valence-electron chi connectivity index (χ0n) is 14.0. The zero-order chi connectivity index (χ0) is 16.8. The second kappa shape index (κ2) is 7.81. The van der Waals surface area contributed by atoms with Crippen LogP contribution in [0.5, 0.6) is 0 Å². The van der Waals surface area contributed by atoms with Crippen molar-refractivity contribution in [2.45, 2.75) is 26.2 Å².